The Morgan fingerprint density at radius 1 is 0.825 bits per heavy atom. The van der Waals surface area contributed by atoms with Gasteiger partial charge in [-0.15, -0.1) is 0 Å². The van der Waals surface area contributed by atoms with Crippen molar-refractivity contribution in [2.75, 3.05) is 13.2 Å². The van der Waals surface area contributed by atoms with Crippen LogP contribution >= 0.6 is 11.6 Å². The highest BCUT2D eigenvalue weighted by molar-refractivity contribution is 6.32. The maximum Gasteiger partial charge on any atom is 0.153 e. The van der Waals surface area contributed by atoms with Crippen molar-refractivity contribution >= 4 is 17.2 Å². The topological polar surface area (TPSA) is 18.5 Å². The second kappa shape index (κ2) is 17.2. The fourth-order valence-electron chi connectivity index (χ4n) is 7.55. The van der Waals surface area contributed by atoms with Gasteiger partial charge in [-0.25, -0.2) is 4.39 Å². The van der Waals surface area contributed by atoms with Gasteiger partial charge in [0.2, 0.25) is 0 Å². The molecule has 2 nitrogen and oxygen atoms in total. The van der Waals surface area contributed by atoms with E-state index in [1.807, 2.05) is 12.1 Å². The summed E-state index contributed by atoms with van der Waals surface area (Å²) >= 11 is 6.39. The monoisotopic (exact) mass is 574 g/mol. The van der Waals surface area contributed by atoms with Crippen LogP contribution in [0, 0.1) is 29.5 Å². The van der Waals surface area contributed by atoms with Crippen molar-refractivity contribution in [3.63, 3.8) is 0 Å². The molecule has 1 aromatic rings. The Labute approximate surface area is 249 Å². The summed E-state index contributed by atoms with van der Waals surface area (Å²) in [5.41, 5.74) is 1.75. The minimum atomic E-state index is -0.326. The highest BCUT2D eigenvalue weighted by atomic mass is 35.5. The molecule has 0 aromatic heterocycles. The molecule has 3 atom stereocenters. The molecule has 0 amide bonds. The molecule has 226 valence electrons. The number of allylic oxidation sites excluding steroid dienone is 2. The zero-order chi connectivity index (χ0) is 28.2. The first-order valence-electron chi connectivity index (χ1n) is 17.0. The molecular formula is C36H56ClFO2. The lowest BCUT2D eigenvalue weighted by atomic mass is 9.73. The summed E-state index contributed by atoms with van der Waals surface area (Å²) in [5, 5.41) is 0.128. The highest BCUT2D eigenvalue weighted by Crippen LogP contribution is 2.43. The average Bonchev–Trinajstić information content (AvgIpc) is 3.00. The van der Waals surface area contributed by atoms with Gasteiger partial charge in [0.05, 0.1) is 19.3 Å². The van der Waals surface area contributed by atoms with E-state index >= 15 is 4.39 Å². The van der Waals surface area contributed by atoms with E-state index in [-0.39, 0.29) is 10.8 Å². The Balaban J connectivity index is 1.17. The van der Waals surface area contributed by atoms with Gasteiger partial charge in [0.15, 0.2) is 5.82 Å². The quantitative estimate of drug-likeness (QED) is 0.194. The molecule has 1 saturated carbocycles. The third kappa shape index (κ3) is 9.22. The standard InChI is InChI=1S/C36H56ClFO2/c1-3-5-7-9-10-12-27-13-15-30(16-14-27)33-23-21-31(26-40-33)28-17-19-29(20-18-28)32-22-24-34(35(37)36(32)38)39-25-11-8-6-4-2/h19,22,24,27-28,30-31,33H,3-18,20-21,23,25-26H2,1-2H3. The number of halogens is 2. The molecule has 3 unspecified atom stereocenters. The van der Waals surface area contributed by atoms with Crippen LogP contribution in [0.4, 0.5) is 4.39 Å². The zero-order valence-corrected chi connectivity index (χ0v) is 26.3. The number of ether oxygens (including phenoxy) is 2. The maximum absolute atomic E-state index is 15.2. The highest BCUT2D eigenvalue weighted by Gasteiger charge is 2.34. The van der Waals surface area contributed by atoms with Crippen molar-refractivity contribution in [1.29, 1.82) is 0 Å². The van der Waals surface area contributed by atoms with E-state index in [0.717, 1.165) is 56.1 Å². The largest absolute Gasteiger partial charge is 0.492 e. The lowest BCUT2D eigenvalue weighted by molar-refractivity contribution is -0.0704. The van der Waals surface area contributed by atoms with E-state index in [0.29, 0.717) is 35.9 Å². The lowest BCUT2D eigenvalue weighted by Gasteiger charge is -2.40. The van der Waals surface area contributed by atoms with Gasteiger partial charge in [0.25, 0.3) is 0 Å². The van der Waals surface area contributed by atoms with Crippen molar-refractivity contribution in [3.8, 4) is 5.75 Å². The molecular weight excluding hydrogens is 519 g/mol. The van der Waals surface area contributed by atoms with Crippen LogP contribution in [0.2, 0.25) is 5.02 Å². The Morgan fingerprint density at radius 2 is 1.55 bits per heavy atom. The van der Waals surface area contributed by atoms with Crippen molar-refractivity contribution < 1.29 is 13.9 Å². The van der Waals surface area contributed by atoms with Gasteiger partial charge in [-0.05, 0) is 92.7 Å². The number of hydrogen-bond donors (Lipinski definition) is 0. The van der Waals surface area contributed by atoms with Gasteiger partial charge in [0.1, 0.15) is 10.8 Å². The summed E-state index contributed by atoms with van der Waals surface area (Å²) in [7, 11) is 0. The zero-order valence-electron chi connectivity index (χ0n) is 25.5. The molecule has 0 bridgehead atoms. The third-order valence-corrected chi connectivity index (χ3v) is 10.6. The number of hydrogen-bond acceptors (Lipinski definition) is 2. The van der Waals surface area contributed by atoms with Crippen LogP contribution in [-0.2, 0) is 4.74 Å². The first-order valence-corrected chi connectivity index (χ1v) is 17.4. The lowest BCUT2D eigenvalue weighted by Crippen LogP contribution is -2.36. The van der Waals surface area contributed by atoms with Crippen molar-refractivity contribution in [2.45, 2.75) is 142 Å². The summed E-state index contributed by atoms with van der Waals surface area (Å²) in [6.45, 7) is 5.99. The molecule has 1 heterocycles. The SMILES string of the molecule is CCCCCCCC1CCC(C2CCC(C3CC=C(c4ccc(OCCCCCC)c(Cl)c4F)CC3)CO2)CC1. The average molecular weight is 575 g/mol. The van der Waals surface area contributed by atoms with Crippen molar-refractivity contribution in [3.05, 3.63) is 34.6 Å². The van der Waals surface area contributed by atoms with Gasteiger partial charge in [-0.2, -0.15) is 0 Å². The number of benzene rings is 1. The van der Waals surface area contributed by atoms with Gasteiger partial charge < -0.3 is 9.47 Å². The second-order valence-corrected chi connectivity index (χ2v) is 13.5. The Morgan fingerprint density at radius 3 is 2.23 bits per heavy atom. The molecule has 1 aromatic carbocycles. The Hall–Kier alpha value is -1.06. The third-order valence-electron chi connectivity index (χ3n) is 10.2. The number of rotatable bonds is 15. The summed E-state index contributed by atoms with van der Waals surface area (Å²) in [4.78, 5) is 0. The van der Waals surface area contributed by atoms with Crippen LogP contribution in [0.25, 0.3) is 5.57 Å². The van der Waals surface area contributed by atoms with E-state index in [9.17, 15) is 0 Å². The van der Waals surface area contributed by atoms with E-state index in [1.165, 1.54) is 89.9 Å². The fourth-order valence-corrected chi connectivity index (χ4v) is 7.77. The normalized spacial score (nSPS) is 27.4. The summed E-state index contributed by atoms with van der Waals surface area (Å²) in [6.07, 6.45) is 26.9. The van der Waals surface area contributed by atoms with Gasteiger partial charge in [-0.3, -0.25) is 0 Å². The Kier molecular flexibility index (Phi) is 13.7. The van der Waals surface area contributed by atoms with Crippen molar-refractivity contribution in [2.24, 2.45) is 23.7 Å². The predicted molar refractivity (Wildman–Crippen MR) is 168 cm³/mol. The van der Waals surface area contributed by atoms with Gasteiger partial charge in [0, 0.05) is 5.56 Å². The molecule has 3 aliphatic rings. The molecule has 2 fully saturated rings. The molecule has 0 radical (unpaired) electrons. The Bertz CT molecular complexity index is 898. The molecule has 0 spiro atoms. The number of unbranched alkanes of at least 4 members (excludes halogenated alkanes) is 7. The molecule has 4 rings (SSSR count). The second-order valence-electron chi connectivity index (χ2n) is 13.1. The van der Waals surface area contributed by atoms with Crippen LogP contribution < -0.4 is 4.74 Å². The molecule has 4 heteroatoms. The first-order chi connectivity index (χ1) is 19.6. The van der Waals surface area contributed by atoms with E-state index < -0.39 is 0 Å². The van der Waals surface area contributed by atoms with Gasteiger partial charge in [-0.1, -0.05) is 102 Å². The summed E-state index contributed by atoms with van der Waals surface area (Å²) < 4.78 is 27.5. The maximum atomic E-state index is 15.2. The predicted octanol–water partition coefficient (Wildman–Crippen LogP) is 11.6. The first kappa shape index (κ1) is 31.9. The molecule has 2 aliphatic carbocycles. The van der Waals surface area contributed by atoms with Crippen LogP contribution in [0.3, 0.4) is 0 Å². The van der Waals surface area contributed by atoms with Crippen molar-refractivity contribution in [1.82, 2.24) is 0 Å². The van der Waals surface area contributed by atoms with Crippen LogP contribution in [0.5, 0.6) is 5.75 Å². The van der Waals surface area contributed by atoms with E-state index in [1.54, 1.807) is 0 Å². The van der Waals surface area contributed by atoms with E-state index in [2.05, 4.69) is 19.9 Å². The minimum Gasteiger partial charge on any atom is -0.492 e. The molecule has 1 saturated heterocycles. The van der Waals surface area contributed by atoms with Crippen LogP contribution in [0.15, 0.2) is 18.2 Å². The van der Waals surface area contributed by atoms with E-state index in [4.69, 9.17) is 21.1 Å². The van der Waals surface area contributed by atoms with Crippen LogP contribution in [0.1, 0.15) is 141 Å². The van der Waals surface area contributed by atoms with Crippen LogP contribution in [-0.4, -0.2) is 19.3 Å². The fraction of sp³-hybridized carbons (Fsp3) is 0.778. The summed E-state index contributed by atoms with van der Waals surface area (Å²) in [6, 6.07) is 3.72. The van der Waals surface area contributed by atoms with Gasteiger partial charge >= 0.3 is 0 Å². The molecule has 0 N–H and O–H groups in total. The minimum absolute atomic E-state index is 0.128. The molecule has 40 heavy (non-hydrogen) atoms. The summed E-state index contributed by atoms with van der Waals surface area (Å²) in [5.74, 6) is 3.19. The smallest absolute Gasteiger partial charge is 0.153 e. The molecule has 1 aliphatic heterocycles.